The maximum atomic E-state index is 8.89. The minimum Gasteiger partial charge on any atom is -0.493 e. The molecule has 0 N–H and O–H groups in total. The Kier molecular flexibility index (Phi) is 4.68. The SMILES string of the molecule is COc1cc(C#N)ccc1OCc1cccc(N(C)C)c1. The van der Waals surface area contributed by atoms with Crippen molar-refractivity contribution in [3.05, 3.63) is 53.6 Å². The molecule has 0 atom stereocenters. The molecule has 0 aromatic heterocycles. The van der Waals surface area contributed by atoms with Gasteiger partial charge in [-0.1, -0.05) is 12.1 Å². The second-order valence-electron chi connectivity index (χ2n) is 4.83. The molecule has 2 rings (SSSR count). The largest absolute Gasteiger partial charge is 0.493 e. The van der Waals surface area contributed by atoms with Crippen molar-refractivity contribution in [1.82, 2.24) is 0 Å². The molecule has 0 heterocycles. The summed E-state index contributed by atoms with van der Waals surface area (Å²) in [6, 6.07) is 15.4. The molecule has 108 valence electrons. The fraction of sp³-hybridized carbons (Fsp3) is 0.235. The molecule has 4 nitrogen and oxygen atoms in total. The van der Waals surface area contributed by atoms with Gasteiger partial charge in [-0.3, -0.25) is 0 Å². The van der Waals surface area contributed by atoms with E-state index < -0.39 is 0 Å². The van der Waals surface area contributed by atoms with E-state index in [0.717, 1.165) is 11.3 Å². The lowest BCUT2D eigenvalue weighted by atomic mass is 10.2. The Hall–Kier alpha value is -2.67. The fourth-order valence-corrected chi connectivity index (χ4v) is 1.94. The molecule has 0 spiro atoms. The van der Waals surface area contributed by atoms with Crippen molar-refractivity contribution in [2.24, 2.45) is 0 Å². The minimum absolute atomic E-state index is 0.448. The highest BCUT2D eigenvalue weighted by Gasteiger charge is 2.06. The van der Waals surface area contributed by atoms with Crippen molar-refractivity contribution >= 4 is 5.69 Å². The number of methoxy groups -OCH3 is 1. The second kappa shape index (κ2) is 6.67. The van der Waals surface area contributed by atoms with Gasteiger partial charge in [-0.15, -0.1) is 0 Å². The van der Waals surface area contributed by atoms with Crippen molar-refractivity contribution in [3.63, 3.8) is 0 Å². The molecule has 21 heavy (non-hydrogen) atoms. The predicted molar refractivity (Wildman–Crippen MR) is 82.8 cm³/mol. The summed E-state index contributed by atoms with van der Waals surface area (Å²) in [5.74, 6) is 1.20. The van der Waals surface area contributed by atoms with E-state index in [2.05, 4.69) is 12.1 Å². The van der Waals surface area contributed by atoms with Crippen LogP contribution in [-0.4, -0.2) is 21.2 Å². The molecule has 0 radical (unpaired) electrons. The molecule has 0 unspecified atom stereocenters. The molecule has 4 heteroatoms. The van der Waals surface area contributed by atoms with Crippen LogP contribution in [0.25, 0.3) is 0 Å². The minimum atomic E-state index is 0.448. The van der Waals surface area contributed by atoms with Crippen LogP contribution in [0.4, 0.5) is 5.69 Å². The first-order chi connectivity index (χ1) is 10.1. The number of benzene rings is 2. The third-order valence-electron chi connectivity index (χ3n) is 3.11. The Balaban J connectivity index is 2.13. The molecule has 2 aromatic carbocycles. The van der Waals surface area contributed by atoms with Gasteiger partial charge < -0.3 is 14.4 Å². The number of nitriles is 1. The summed E-state index contributed by atoms with van der Waals surface area (Å²) in [5.41, 5.74) is 2.75. The van der Waals surface area contributed by atoms with E-state index >= 15 is 0 Å². The Labute approximate surface area is 125 Å². The summed E-state index contributed by atoms with van der Waals surface area (Å²) < 4.78 is 11.0. The van der Waals surface area contributed by atoms with Gasteiger partial charge in [0, 0.05) is 25.8 Å². The summed E-state index contributed by atoms with van der Waals surface area (Å²) in [5, 5.41) is 8.89. The third kappa shape index (κ3) is 3.67. The molecule has 0 fully saturated rings. The zero-order valence-corrected chi connectivity index (χ0v) is 12.5. The molecule has 0 aliphatic heterocycles. The molecule has 0 saturated heterocycles. The summed E-state index contributed by atoms with van der Waals surface area (Å²) in [7, 11) is 5.57. The van der Waals surface area contributed by atoms with E-state index in [0.29, 0.717) is 23.7 Å². The van der Waals surface area contributed by atoms with Crippen molar-refractivity contribution in [3.8, 4) is 17.6 Å². The van der Waals surface area contributed by atoms with E-state index in [1.165, 1.54) is 0 Å². The van der Waals surface area contributed by atoms with Crippen LogP contribution in [-0.2, 0) is 6.61 Å². The summed E-state index contributed by atoms with van der Waals surface area (Å²) in [6.45, 7) is 0.448. The molecule has 0 bridgehead atoms. The summed E-state index contributed by atoms with van der Waals surface area (Å²) >= 11 is 0. The second-order valence-corrected chi connectivity index (χ2v) is 4.83. The van der Waals surface area contributed by atoms with Gasteiger partial charge in [0.15, 0.2) is 11.5 Å². The van der Waals surface area contributed by atoms with Crippen LogP contribution >= 0.6 is 0 Å². The first-order valence-corrected chi connectivity index (χ1v) is 6.61. The Morgan fingerprint density at radius 2 is 1.90 bits per heavy atom. The zero-order valence-electron chi connectivity index (χ0n) is 12.5. The molecular formula is C17H18N2O2. The predicted octanol–water partition coefficient (Wildman–Crippen LogP) is 3.21. The van der Waals surface area contributed by atoms with E-state index in [9.17, 15) is 0 Å². The Morgan fingerprint density at radius 3 is 2.57 bits per heavy atom. The highest BCUT2D eigenvalue weighted by atomic mass is 16.5. The number of ether oxygens (including phenoxy) is 2. The van der Waals surface area contributed by atoms with Gasteiger partial charge in [0.2, 0.25) is 0 Å². The third-order valence-corrected chi connectivity index (χ3v) is 3.11. The van der Waals surface area contributed by atoms with Crippen LogP contribution in [0, 0.1) is 11.3 Å². The number of hydrogen-bond donors (Lipinski definition) is 0. The van der Waals surface area contributed by atoms with Gasteiger partial charge in [0.1, 0.15) is 6.61 Å². The quantitative estimate of drug-likeness (QED) is 0.844. The average Bonchev–Trinajstić information content (AvgIpc) is 2.53. The molecular weight excluding hydrogens is 264 g/mol. The van der Waals surface area contributed by atoms with Crippen LogP contribution in [0.3, 0.4) is 0 Å². The Bertz CT molecular complexity index is 660. The fourth-order valence-electron chi connectivity index (χ4n) is 1.94. The monoisotopic (exact) mass is 282 g/mol. The van der Waals surface area contributed by atoms with Crippen LogP contribution in [0.15, 0.2) is 42.5 Å². The number of anilines is 1. The van der Waals surface area contributed by atoms with E-state index in [4.69, 9.17) is 14.7 Å². The average molecular weight is 282 g/mol. The zero-order chi connectivity index (χ0) is 15.2. The van der Waals surface area contributed by atoms with Gasteiger partial charge in [0.25, 0.3) is 0 Å². The van der Waals surface area contributed by atoms with Crippen molar-refractivity contribution in [1.29, 1.82) is 5.26 Å². The molecule has 0 aliphatic rings. The van der Waals surface area contributed by atoms with Gasteiger partial charge in [0.05, 0.1) is 18.7 Å². The molecule has 0 aliphatic carbocycles. The van der Waals surface area contributed by atoms with Crippen molar-refractivity contribution in [2.45, 2.75) is 6.61 Å². The molecule has 2 aromatic rings. The normalized spacial score (nSPS) is 9.81. The standard InChI is InChI=1S/C17H18N2O2/c1-19(2)15-6-4-5-14(9-15)12-21-16-8-7-13(11-18)10-17(16)20-3/h4-10H,12H2,1-3H3. The van der Waals surface area contributed by atoms with Gasteiger partial charge in [-0.05, 0) is 29.8 Å². The molecule has 0 amide bonds. The maximum absolute atomic E-state index is 8.89. The highest BCUT2D eigenvalue weighted by molar-refractivity contribution is 5.48. The highest BCUT2D eigenvalue weighted by Crippen LogP contribution is 2.28. The topological polar surface area (TPSA) is 45.5 Å². The maximum Gasteiger partial charge on any atom is 0.162 e. The van der Waals surface area contributed by atoms with Crippen LogP contribution in [0.5, 0.6) is 11.5 Å². The lowest BCUT2D eigenvalue weighted by Gasteiger charge is -2.14. The first kappa shape index (κ1) is 14.7. The van der Waals surface area contributed by atoms with E-state index in [-0.39, 0.29) is 0 Å². The van der Waals surface area contributed by atoms with Gasteiger partial charge in [-0.2, -0.15) is 5.26 Å². The number of nitrogens with zero attached hydrogens (tertiary/aromatic N) is 2. The number of hydrogen-bond acceptors (Lipinski definition) is 4. The lowest BCUT2D eigenvalue weighted by molar-refractivity contribution is 0.284. The van der Waals surface area contributed by atoms with Crippen molar-refractivity contribution in [2.75, 3.05) is 26.1 Å². The van der Waals surface area contributed by atoms with Crippen LogP contribution < -0.4 is 14.4 Å². The van der Waals surface area contributed by atoms with Crippen LogP contribution in [0.1, 0.15) is 11.1 Å². The van der Waals surface area contributed by atoms with Crippen LogP contribution in [0.2, 0.25) is 0 Å². The smallest absolute Gasteiger partial charge is 0.162 e. The summed E-state index contributed by atoms with van der Waals surface area (Å²) in [4.78, 5) is 2.05. The molecule has 0 saturated carbocycles. The van der Waals surface area contributed by atoms with E-state index in [1.54, 1.807) is 25.3 Å². The first-order valence-electron chi connectivity index (χ1n) is 6.61. The van der Waals surface area contributed by atoms with E-state index in [1.807, 2.05) is 37.2 Å². The lowest BCUT2D eigenvalue weighted by Crippen LogP contribution is -2.09. The summed E-state index contributed by atoms with van der Waals surface area (Å²) in [6.07, 6.45) is 0. The van der Waals surface area contributed by atoms with Gasteiger partial charge >= 0.3 is 0 Å². The van der Waals surface area contributed by atoms with Gasteiger partial charge in [-0.25, -0.2) is 0 Å². The number of rotatable bonds is 5. The Morgan fingerprint density at radius 1 is 1.10 bits per heavy atom. The van der Waals surface area contributed by atoms with Crippen molar-refractivity contribution < 1.29 is 9.47 Å².